The third-order valence-electron chi connectivity index (χ3n) is 5.00. The van der Waals surface area contributed by atoms with Crippen LogP contribution in [0.25, 0.3) is 0 Å². The van der Waals surface area contributed by atoms with E-state index in [-0.39, 0.29) is 17.2 Å². The molecule has 3 rings (SSSR count). The van der Waals surface area contributed by atoms with E-state index in [0.29, 0.717) is 36.0 Å². The molecule has 2 aliphatic heterocycles. The van der Waals surface area contributed by atoms with Gasteiger partial charge in [0.25, 0.3) is 5.91 Å². The SMILES string of the molecule is CCCCOCCCNC(=O)[C@H]1CS[C@H]2c3ccc(OC)c(OC)c3C(=O)N12. The molecule has 0 bridgehead atoms. The second kappa shape index (κ2) is 9.52. The molecule has 7 nitrogen and oxygen atoms in total. The summed E-state index contributed by atoms with van der Waals surface area (Å²) in [5.41, 5.74) is 1.38. The summed E-state index contributed by atoms with van der Waals surface area (Å²) < 4.78 is 16.3. The van der Waals surface area contributed by atoms with Crippen LogP contribution in [0.4, 0.5) is 0 Å². The standard InChI is InChI=1S/C20H28N2O5S/c1-4-5-10-27-11-6-9-21-18(23)14-12-28-20-13-7-8-15(25-2)17(26-3)16(13)19(24)22(14)20/h7-8,14,20H,4-6,9-12H2,1-3H3,(H,21,23)/t14-,20+/m1/s1. The van der Waals surface area contributed by atoms with E-state index in [9.17, 15) is 9.59 Å². The van der Waals surface area contributed by atoms with Crippen molar-refractivity contribution < 1.29 is 23.8 Å². The van der Waals surface area contributed by atoms with Gasteiger partial charge in [0.1, 0.15) is 11.4 Å². The lowest BCUT2D eigenvalue weighted by Crippen LogP contribution is -2.46. The van der Waals surface area contributed by atoms with Crippen LogP contribution in [-0.4, -0.2) is 62.5 Å². The topological polar surface area (TPSA) is 77.1 Å². The van der Waals surface area contributed by atoms with Crippen LogP contribution in [0, 0.1) is 0 Å². The van der Waals surface area contributed by atoms with E-state index >= 15 is 0 Å². The minimum Gasteiger partial charge on any atom is -0.493 e. The molecule has 0 unspecified atom stereocenters. The summed E-state index contributed by atoms with van der Waals surface area (Å²) in [6, 6.07) is 3.22. The smallest absolute Gasteiger partial charge is 0.260 e. The average Bonchev–Trinajstić information content (AvgIpc) is 3.26. The number of benzene rings is 1. The van der Waals surface area contributed by atoms with Crippen molar-refractivity contribution in [3.63, 3.8) is 0 Å². The van der Waals surface area contributed by atoms with Crippen molar-refractivity contribution in [2.75, 3.05) is 39.7 Å². The Morgan fingerprint density at radius 3 is 2.75 bits per heavy atom. The average molecular weight is 409 g/mol. The first-order chi connectivity index (χ1) is 13.6. The Hall–Kier alpha value is -1.93. The fraction of sp³-hybridized carbons (Fsp3) is 0.600. The molecule has 2 aliphatic rings. The molecule has 0 aromatic heterocycles. The number of carbonyl (C=O) groups is 2. The summed E-state index contributed by atoms with van der Waals surface area (Å²) >= 11 is 1.60. The maximum absolute atomic E-state index is 13.1. The Labute approximate surface area is 170 Å². The summed E-state index contributed by atoms with van der Waals surface area (Å²) in [7, 11) is 3.07. The van der Waals surface area contributed by atoms with Gasteiger partial charge in [-0.3, -0.25) is 9.59 Å². The van der Waals surface area contributed by atoms with Crippen molar-refractivity contribution in [2.45, 2.75) is 37.6 Å². The monoisotopic (exact) mass is 408 g/mol. The first-order valence-corrected chi connectivity index (χ1v) is 10.7. The number of hydrogen-bond donors (Lipinski definition) is 1. The van der Waals surface area contributed by atoms with E-state index in [1.807, 2.05) is 6.07 Å². The van der Waals surface area contributed by atoms with Gasteiger partial charge >= 0.3 is 0 Å². The van der Waals surface area contributed by atoms with Crippen LogP contribution < -0.4 is 14.8 Å². The zero-order valence-corrected chi connectivity index (χ0v) is 17.5. The van der Waals surface area contributed by atoms with Gasteiger partial charge in [-0.2, -0.15) is 0 Å². The molecule has 1 aromatic rings. The van der Waals surface area contributed by atoms with Gasteiger partial charge in [0.15, 0.2) is 11.5 Å². The normalized spacial score (nSPS) is 20.1. The van der Waals surface area contributed by atoms with E-state index in [0.717, 1.165) is 31.4 Å². The van der Waals surface area contributed by atoms with E-state index in [1.165, 1.54) is 7.11 Å². The van der Waals surface area contributed by atoms with E-state index in [4.69, 9.17) is 14.2 Å². The third-order valence-corrected chi connectivity index (χ3v) is 6.31. The molecule has 1 saturated heterocycles. The minimum atomic E-state index is -0.480. The fourth-order valence-electron chi connectivity index (χ4n) is 3.55. The van der Waals surface area contributed by atoms with Crippen LogP contribution >= 0.6 is 11.8 Å². The van der Waals surface area contributed by atoms with Crippen LogP contribution in [0.3, 0.4) is 0 Å². The van der Waals surface area contributed by atoms with Gasteiger partial charge in [0.2, 0.25) is 5.91 Å². The maximum Gasteiger partial charge on any atom is 0.260 e. The van der Waals surface area contributed by atoms with Gasteiger partial charge < -0.3 is 24.4 Å². The van der Waals surface area contributed by atoms with Gasteiger partial charge in [-0.15, -0.1) is 11.8 Å². The first kappa shape index (κ1) is 20.8. The Balaban J connectivity index is 1.61. The lowest BCUT2D eigenvalue weighted by atomic mass is 10.1. The second-order valence-electron chi connectivity index (χ2n) is 6.79. The molecule has 28 heavy (non-hydrogen) atoms. The van der Waals surface area contributed by atoms with Crippen LogP contribution in [0.1, 0.15) is 47.5 Å². The van der Waals surface area contributed by atoms with Crippen molar-refractivity contribution in [1.29, 1.82) is 0 Å². The summed E-state index contributed by atoms with van der Waals surface area (Å²) in [4.78, 5) is 27.4. The zero-order chi connectivity index (χ0) is 20.1. The molecule has 2 amide bonds. The number of hydrogen-bond acceptors (Lipinski definition) is 6. The molecular formula is C20H28N2O5S. The highest BCUT2D eigenvalue weighted by Gasteiger charge is 2.50. The van der Waals surface area contributed by atoms with E-state index in [2.05, 4.69) is 12.2 Å². The van der Waals surface area contributed by atoms with Gasteiger partial charge in [-0.05, 0) is 18.9 Å². The van der Waals surface area contributed by atoms with Crippen LogP contribution in [0.5, 0.6) is 11.5 Å². The lowest BCUT2D eigenvalue weighted by molar-refractivity contribution is -0.124. The predicted octanol–water partition coefficient (Wildman–Crippen LogP) is 2.60. The molecule has 2 atom stereocenters. The Bertz CT molecular complexity index is 727. The molecule has 0 saturated carbocycles. The maximum atomic E-state index is 13.1. The molecule has 0 radical (unpaired) electrons. The fourth-order valence-corrected chi connectivity index (χ4v) is 5.00. The number of nitrogens with one attached hydrogen (secondary N) is 1. The molecule has 1 N–H and O–H groups in total. The van der Waals surface area contributed by atoms with Gasteiger partial charge in [-0.25, -0.2) is 0 Å². The highest BCUT2D eigenvalue weighted by atomic mass is 32.2. The quantitative estimate of drug-likeness (QED) is 0.600. The van der Waals surface area contributed by atoms with Crippen molar-refractivity contribution in [1.82, 2.24) is 10.2 Å². The molecule has 2 heterocycles. The number of unbranched alkanes of at least 4 members (excludes halogenated alkanes) is 1. The van der Waals surface area contributed by atoms with E-state index < -0.39 is 6.04 Å². The highest BCUT2D eigenvalue weighted by molar-refractivity contribution is 7.99. The largest absolute Gasteiger partial charge is 0.493 e. The number of methoxy groups -OCH3 is 2. The number of thioether (sulfide) groups is 1. The first-order valence-electron chi connectivity index (χ1n) is 9.68. The van der Waals surface area contributed by atoms with Crippen molar-refractivity contribution in [2.24, 2.45) is 0 Å². The third kappa shape index (κ3) is 3.93. The van der Waals surface area contributed by atoms with Crippen LogP contribution in [0.2, 0.25) is 0 Å². The van der Waals surface area contributed by atoms with Gasteiger partial charge in [-0.1, -0.05) is 19.4 Å². The molecule has 0 spiro atoms. The number of nitrogens with zero attached hydrogens (tertiary/aromatic N) is 1. The molecule has 1 fully saturated rings. The summed E-state index contributed by atoms with van der Waals surface area (Å²) in [5.74, 6) is 1.25. The van der Waals surface area contributed by atoms with Crippen molar-refractivity contribution in [3.8, 4) is 11.5 Å². The molecule has 154 valence electrons. The molecular weight excluding hydrogens is 380 g/mol. The van der Waals surface area contributed by atoms with E-state index in [1.54, 1.807) is 29.8 Å². The summed E-state index contributed by atoms with van der Waals surface area (Å²) in [6.07, 6.45) is 2.93. The van der Waals surface area contributed by atoms with Crippen molar-refractivity contribution >= 4 is 23.6 Å². The Morgan fingerprint density at radius 1 is 1.25 bits per heavy atom. The number of amides is 2. The molecule has 1 aromatic carbocycles. The number of ether oxygens (including phenoxy) is 3. The highest BCUT2D eigenvalue weighted by Crippen LogP contribution is 2.52. The number of carbonyl (C=O) groups excluding carboxylic acids is 2. The number of rotatable bonds is 10. The van der Waals surface area contributed by atoms with Gasteiger partial charge in [0.05, 0.1) is 19.8 Å². The molecule has 8 heteroatoms. The Kier molecular flexibility index (Phi) is 7.07. The number of fused-ring (bicyclic) bond motifs is 3. The Morgan fingerprint density at radius 2 is 2.04 bits per heavy atom. The minimum absolute atomic E-state index is 0.115. The lowest BCUT2D eigenvalue weighted by Gasteiger charge is -2.22. The van der Waals surface area contributed by atoms with Crippen LogP contribution in [0.15, 0.2) is 12.1 Å². The van der Waals surface area contributed by atoms with Gasteiger partial charge in [0, 0.05) is 31.1 Å². The summed E-state index contributed by atoms with van der Waals surface area (Å²) in [5, 5.41) is 2.79. The molecule has 0 aliphatic carbocycles. The van der Waals surface area contributed by atoms with Crippen LogP contribution in [-0.2, 0) is 9.53 Å². The van der Waals surface area contributed by atoms with Crippen molar-refractivity contribution in [3.05, 3.63) is 23.3 Å². The second-order valence-corrected chi connectivity index (χ2v) is 7.90. The zero-order valence-electron chi connectivity index (χ0n) is 16.7. The summed E-state index contributed by atoms with van der Waals surface area (Å²) in [6.45, 7) is 4.06. The predicted molar refractivity (Wildman–Crippen MR) is 108 cm³/mol.